The second-order valence-corrected chi connectivity index (χ2v) is 2.66. The molecule has 0 bridgehead atoms. The Morgan fingerprint density at radius 2 is 1.80 bits per heavy atom. The van der Waals surface area contributed by atoms with Crippen molar-refractivity contribution < 1.29 is 20.1 Å². The van der Waals surface area contributed by atoms with Crippen molar-refractivity contribution in [2.45, 2.75) is 23.9 Å². The Kier molecular flexibility index (Phi) is 2.49. The molecule has 1 aliphatic heterocycles. The summed E-state index contributed by atoms with van der Waals surface area (Å²) < 4.78 is 4.68. The molecule has 0 aromatic carbocycles. The van der Waals surface area contributed by atoms with Crippen LogP contribution in [0.3, 0.4) is 0 Å². The fourth-order valence-electron chi connectivity index (χ4n) is 0.770. The highest BCUT2D eigenvalue weighted by atomic mass is 35.5. The number of aliphatic hydroxyl groups is 3. The van der Waals surface area contributed by atoms with Gasteiger partial charge in [0.2, 0.25) is 0 Å². The number of aliphatic hydroxyl groups excluding tert-OH is 3. The van der Waals surface area contributed by atoms with Crippen molar-refractivity contribution >= 4 is 11.6 Å². The van der Waals surface area contributed by atoms with E-state index in [9.17, 15) is 0 Å². The second-order valence-electron chi connectivity index (χ2n) is 2.23. The van der Waals surface area contributed by atoms with Crippen LogP contribution in [0.25, 0.3) is 0 Å². The Morgan fingerprint density at radius 1 is 1.20 bits per heavy atom. The molecule has 0 amide bonds. The minimum absolute atomic E-state index is 0.0353. The van der Waals surface area contributed by atoms with Gasteiger partial charge < -0.3 is 20.1 Å². The van der Waals surface area contributed by atoms with Gasteiger partial charge in [0.15, 0.2) is 5.56 Å². The molecular weight excluding hydrogens is 160 g/mol. The third kappa shape index (κ3) is 1.41. The number of ether oxygens (including phenoxy) is 1. The van der Waals surface area contributed by atoms with Gasteiger partial charge in [-0.15, -0.1) is 0 Å². The largest absolute Gasteiger partial charge is 0.388 e. The molecule has 1 saturated heterocycles. The van der Waals surface area contributed by atoms with Crippen LogP contribution in [0, 0.1) is 0 Å². The van der Waals surface area contributed by atoms with E-state index in [1.165, 1.54) is 0 Å². The monoisotopic (exact) mass is 168 g/mol. The van der Waals surface area contributed by atoms with Crippen LogP contribution in [0.15, 0.2) is 0 Å². The number of hydrogen-bond acceptors (Lipinski definition) is 4. The Morgan fingerprint density at radius 3 is 2.30 bits per heavy atom. The van der Waals surface area contributed by atoms with Crippen molar-refractivity contribution in [1.29, 1.82) is 0 Å². The zero-order valence-corrected chi connectivity index (χ0v) is 5.90. The van der Waals surface area contributed by atoms with Gasteiger partial charge in [0.1, 0.15) is 18.3 Å². The molecule has 5 heteroatoms. The first kappa shape index (κ1) is 8.23. The first-order chi connectivity index (χ1) is 4.63. The summed E-state index contributed by atoms with van der Waals surface area (Å²) >= 11 is 5.38. The number of alkyl halides is 1. The van der Waals surface area contributed by atoms with E-state index in [0.717, 1.165) is 0 Å². The summed E-state index contributed by atoms with van der Waals surface area (Å²) in [7, 11) is 0. The first-order valence-electron chi connectivity index (χ1n) is 2.93. The molecule has 4 nitrogen and oxygen atoms in total. The van der Waals surface area contributed by atoms with Crippen LogP contribution in [-0.4, -0.2) is 45.8 Å². The molecule has 60 valence electrons. The molecule has 4 atom stereocenters. The highest BCUT2D eigenvalue weighted by Crippen LogP contribution is 2.17. The first-order valence-corrected chi connectivity index (χ1v) is 3.36. The van der Waals surface area contributed by atoms with Crippen LogP contribution in [-0.2, 0) is 4.74 Å². The van der Waals surface area contributed by atoms with Crippen LogP contribution in [0.4, 0.5) is 0 Å². The van der Waals surface area contributed by atoms with E-state index in [0.29, 0.717) is 0 Å². The quantitative estimate of drug-likeness (QED) is 0.392. The van der Waals surface area contributed by atoms with E-state index in [4.69, 9.17) is 26.9 Å². The average Bonchev–Trinajstić information content (AvgIpc) is 1.93. The topological polar surface area (TPSA) is 69.9 Å². The van der Waals surface area contributed by atoms with E-state index in [1.807, 2.05) is 0 Å². The molecular formula is C5H9ClO4. The van der Waals surface area contributed by atoms with Crippen LogP contribution >= 0.6 is 11.6 Å². The maximum absolute atomic E-state index is 8.95. The van der Waals surface area contributed by atoms with Crippen LogP contribution in [0.1, 0.15) is 0 Å². The molecule has 1 aliphatic rings. The van der Waals surface area contributed by atoms with Gasteiger partial charge in [-0.25, -0.2) is 0 Å². The lowest BCUT2D eigenvalue weighted by Crippen LogP contribution is -2.50. The van der Waals surface area contributed by atoms with E-state index >= 15 is 0 Å². The standard InChI is InChI=1S/C5H9ClO4/c6-5-4(9)3(8)2(7)1-10-5/h2-5,7-9H,1H2/t2-,3-,4+,5?/m1/s1. The normalized spacial score (nSPS) is 49.2. The summed E-state index contributed by atoms with van der Waals surface area (Å²) in [4.78, 5) is 0. The highest BCUT2D eigenvalue weighted by molar-refractivity contribution is 6.20. The minimum Gasteiger partial charge on any atom is -0.388 e. The average molecular weight is 169 g/mol. The van der Waals surface area contributed by atoms with Crippen molar-refractivity contribution in [2.24, 2.45) is 0 Å². The fourth-order valence-corrected chi connectivity index (χ4v) is 0.992. The molecule has 0 aliphatic carbocycles. The molecule has 0 spiro atoms. The summed E-state index contributed by atoms with van der Waals surface area (Å²) in [5.41, 5.74) is -0.918. The van der Waals surface area contributed by atoms with Crippen molar-refractivity contribution in [1.82, 2.24) is 0 Å². The summed E-state index contributed by atoms with van der Waals surface area (Å²) in [6, 6.07) is 0. The third-order valence-corrected chi connectivity index (χ3v) is 1.82. The lowest BCUT2D eigenvalue weighted by Gasteiger charge is -2.31. The maximum atomic E-state index is 8.95. The van der Waals surface area contributed by atoms with Crippen molar-refractivity contribution in [3.05, 3.63) is 0 Å². The lowest BCUT2D eigenvalue weighted by atomic mass is 10.1. The molecule has 1 fully saturated rings. The SMILES string of the molecule is O[C@@H]1[C@H](O)COC(Cl)[C@H]1O. The van der Waals surface area contributed by atoms with E-state index in [-0.39, 0.29) is 6.61 Å². The van der Waals surface area contributed by atoms with E-state index in [1.54, 1.807) is 0 Å². The van der Waals surface area contributed by atoms with Gasteiger partial charge in [-0.2, -0.15) is 0 Å². The molecule has 3 N–H and O–H groups in total. The minimum atomic E-state index is -1.20. The van der Waals surface area contributed by atoms with Crippen molar-refractivity contribution in [3.8, 4) is 0 Å². The predicted octanol–water partition coefficient (Wildman–Crippen LogP) is -1.34. The van der Waals surface area contributed by atoms with Crippen molar-refractivity contribution in [2.75, 3.05) is 6.61 Å². The smallest absolute Gasteiger partial charge is 0.159 e. The Bertz CT molecular complexity index is 106. The predicted molar refractivity (Wildman–Crippen MR) is 33.6 cm³/mol. The van der Waals surface area contributed by atoms with Crippen LogP contribution in [0.5, 0.6) is 0 Å². The Balaban J connectivity index is 2.52. The Labute approximate surface area is 63.0 Å². The van der Waals surface area contributed by atoms with Gasteiger partial charge >= 0.3 is 0 Å². The summed E-state index contributed by atoms with van der Waals surface area (Å²) in [6.45, 7) is -0.0353. The molecule has 1 rings (SSSR count). The Hall–Kier alpha value is 0.130. The number of hydrogen-bond donors (Lipinski definition) is 3. The van der Waals surface area contributed by atoms with Crippen LogP contribution < -0.4 is 0 Å². The molecule has 0 saturated carbocycles. The number of halogens is 1. The van der Waals surface area contributed by atoms with Gasteiger partial charge in [0.25, 0.3) is 0 Å². The molecule has 0 radical (unpaired) electrons. The van der Waals surface area contributed by atoms with Gasteiger partial charge in [-0.3, -0.25) is 0 Å². The van der Waals surface area contributed by atoms with E-state index in [2.05, 4.69) is 4.74 Å². The molecule has 1 heterocycles. The van der Waals surface area contributed by atoms with Gasteiger partial charge in [0.05, 0.1) is 6.61 Å². The molecule has 0 aromatic rings. The van der Waals surface area contributed by atoms with E-state index < -0.39 is 23.9 Å². The third-order valence-electron chi connectivity index (χ3n) is 1.44. The lowest BCUT2D eigenvalue weighted by molar-refractivity contribution is -0.163. The van der Waals surface area contributed by atoms with Gasteiger partial charge in [-0.1, -0.05) is 11.6 Å². The fraction of sp³-hybridized carbons (Fsp3) is 1.00. The summed E-state index contributed by atoms with van der Waals surface area (Å²) in [5.74, 6) is 0. The van der Waals surface area contributed by atoms with Gasteiger partial charge in [0, 0.05) is 0 Å². The number of rotatable bonds is 0. The summed E-state index contributed by atoms with van der Waals surface area (Å²) in [5, 5.41) is 26.8. The zero-order valence-electron chi connectivity index (χ0n) is 5.14. The summed E-state index contributed by atoms with van der Waals surface area (Å²) in [6.07, 6.45) is -3.44. The molecule has 10 heavy (non-hydrogen) atoms. The van der Waals surface area contributed by atoms with Crippen molar-refractivity contribution in [3.63, 3.8) is 0 Å². The second kappa shape index (κ2) is 3.02. The highest BCUT2D eigenvalue weighted by Gasteiger charge is 2.36. The molecule has 1 unspecified atom stereocenters. The van der Waals surface area contributed by atoms with Crippen LogP contribution in [0.2, 0.25) is 0 Å². The zero-order chi connectivity index (χ0) is 7.72. The maximum Gasteiger partial charge on any atom is 0.159 e. The molecule has 0 aromatic heterocycles. The van der Waals surface area contributed by atoms with Gasteiger partial charge in [-0.05, 0) is 0 Å².